The first-order chi connectivity index (χ1) is 8.15. The van der Waals surface area contributed by atoms with E-state index >= 15 is 0 Å². The summed E-state index contributed by atoms with van der Waals surface area (Å²) in [7, 11) is 2.19. The molecule has 0 radical (unpaired) electrons. The first-order valence-corrected chi connectivity index (χ1v) is 6.68. The fourth-order valence-electron chi connectivity index (χ4n) is 2.86. The summed E-state index contributed by atoms with van der Waals surface area (Å²) in [6, 6.07) is 9.15. The molecule has 17 heavy (non-hydrogen) atoms. The number of hydrogen-bond acceptors (Lipinski definition) is 2. The molecule has 2 nitrogen and oxygen atoms in total. The zero-order chi connectivity index (χ0) is 12.3. The van der Waals surface area contributed by atoms with Crippen LogP contribution in [0.5, 0.6) is 0 Å². The molecule has 0 aliphatic heterocycles. The van der Waals surface area contributed by atoms with Gasteiger partial charge in [-0.05, 0) is 49.8 Å². The van der Waals surface area contributed by atoms with E-state index < -0.39 is 0 Å². The van der Waals surface area contributed by atoms with Gasteiger partial charge in [0.25, 0.3) is 0 Å². The molecule has 1 fully saturated rings. The number of nitrogens with two attached hydrogens (primary N) is 1. The lowest BCUT2D eigenvalue weighted by Crippen LogP contribution is -2.34. The molecule has 1 aliphatic carbocycles. The van der Waals surface area contributed by atoms with Crippen LogP contribution in [-0.4, -0.2) is 19.6 Å². The van der Waals surface area contributed by atoms with Gasteiger partial charge in [0.2, 0.25) is 0 Å². The van der Waals surface area contributed by atoms with Crippen LogP contribution in [0, 0.1) is 12.8 Å². The zero-order valence-corrected chi connectivity index (χ0v) is 11.0. The van der Waals surface area contributed by atoms with Gasteiger partial charge in [0, 0.05) is 25.3 Å². The summed E-state index contributed by atoms with van der Waals surface area (Å²) in [6.07, 6.45) is 5.04. The number of hydrogen-bond donors (Lipinski definition) is 1. The highest BCUT2D eigenvalue weighted by molar-refractivity contribution is 5.47. The fraction of sp³-hybridized carbons (Fsp3) is 0.600. The van der Waals surface area contributed by atoms with Crippen molar-refractivity contribution in [2.24, 2.45) is 11.7 Å². The second kappa shape index (κ2) is 5.54. The molecular formula is C15H24N2. The molecule has 2 N–H and O–H groups in total. The maximum atomic E-state index is 6.05. The molecule has 0 aromatic heterocycles. The third kappa shape index (κ3) is 3.47. The average Bonchev–Trinajstić information content (AvgIpc) is 2.29. The van der Waals surface area contributed by atoms with E-state index in [1.165, 1.54) is 36.9 Å². The van der Waals surface area contributed by atoms with Crippen LogP contribution in [0.25, 0.3) is 0 Å². The molecule has 0 heterocycles. The first kappa shape index (κ1) is 12.4. The Morgan fingerprint density at radius 2 is 2.18 bits per heavy atom. The predicted octanol–water partition coefficient (Wildman–Crippen LogP) is 2.95. The lowest BCUT2D eigenvalue weighted by atomic mass is 9.86. The minimum atomic E-state index is 0.430. The molecule has 0 saturated heterocycles. The molecule has 1 aliphatic rings. The smallest absolute Gasteiger partial charge is 0.0366 e. The number of nitrogens with zero attached hydrogens (tertiary/aromatic N) is 1. The molecule has 2 rings (SSSR count). The van der Waals surface area contributed by atoms with Gasteiger partial charge in [0.05, 0.1) is 0 Å². The van der Waals surface area contributed by atoms with E-state index in [2.05, 4.69) is 43.1 Å². The topological polar surface area (TPSA) is 29.3 Å². The van der Waals surface area contributed by atoms with Crippen molar-refractivity contribution in [3.63, 3.8) is 0 Å². The monoisotopic (exact) mass is 232 g/mol. The highest BCUT2D eigenvalue weighted by Gasteiger charge is 2.20. The molecule has 94 valence electrons. The van der Waals surface area contributed by atoms with Gasteiger partial charge in [-0.2, -0.15) is 0 Å². The van der Waals surface area contributed by atoms with Crippen molar-refractivity contribution < 1.29 is 0 Å². The highest BCUT2D eigenvalue weighted by Crippen LogP contribution is 2.25. The standard InChI is InChI=1S/C15H24N2/c1-12-5-3-8-15(9-12)17(2)11-13-6-4-7-14(16)10-13/h3,5,8-9,13-14H,4,6-7,10-11,16H2,1-2H3. The van der Waals surface area contributed by atoms with Crippen molar-refractivity contribution in [2.75, 3.05) is 18.5 Å². The first-order valence-electron chi connectivity index (χ1n) is 6.68. The van der Waals surface area contributed by atoms with Gasteiger partial charge in [0.15, 0.2) is 0 Å². The Kier molecular flexibility index (Phi) is 4.06. The van der Waals surface area contributed by atoms with Crippen LogP contribution >= 0.6 is 0 Å². The maximum Gasteiger partial charge on any atom is 0.0366 e. The molecule has 1 saturated carbocycles. The van der Waals surface area contributed by atoms with Gasteiger partial charge in [0.1, 0.15) is 0 Å². The Bertz CT molecular complexity index is 362. The van der Waals surface area contributed by atoms with Crippen molar-refractivity contribution in [3.8, 4) is 0 Å². The maximum absolute atomic E-state index is 6.05. The lowest BCUT2D eigenvalue weighted by molar-refractivity contribution is 0.326. The van der Waals surface area contributed by atoms with Crippen LogP contribution in [0.4, 0.5) is 5.69 Å². The number of aryl methyl sites for hydroxylation is 1. The molecular weight excluding hydrogens is 208 g/mol. The van der Waals surface area contributed by atoms with E-state index in [9.17, 15) is 0 Å². The average molecular weight is 232 g/mol. The summed E-state index contributed by atoms with van der Waals surface area (Å²) in [5, 5.41) is 0. The second-order valence-electron chi connectivity index (χ2n) is 5.51. The quantitative estimate of drug-likeness (QED) is 0.868. The van der Waals surface area contributed by atoms with Gasteiger partial charge in [-0.1, -0.05) is 18.6 Å². The third-order valence-corrected chi connectivity index (χ3v) is 3.80. The van der Waals surface area contributed by atoms with Crippen molar-refractivity contribution in [2.45, 2.75) is 38.6 Å². The molecule has 1 aromatic rings. The molecule has 0 bridgehead atoms. The number of benzene rings is 1. The summed E-state index contributed by atoms with van der Waals surface area (Å²) >= 11 is 0. The largest absolute Gasteiger partial charge is 0.374 e. The lowest BCUT2D eigenvalue weighted by Gasteiger charge is -2.31. The Hall–Kier alpha value is -1.02. The van der Waals surface area contributed by atoms with Gasteiger partial charge in [-0.3, -0.25) is 0 Å². The van der Waals surface area contributed by atoms with Crippen molar-refractivity contribution >= 4 is 5.69 Å². The Morgan fingerprint density at radius 1 is 1.35 bits per heavy atom. The minimum Gasteiger partial charge on any atom is -0.374 e. The normalized spacial score (nSPS) is 24.6. The molecule has 0 amide bonds. The Balaban J connectivity index is 1.94. The van der Waals surface area contributed by atoms with E-state index in [0.29, 0.717) is 6.04 Å². The zero-order valence-electron chi connectivity index (χ0n) is 11.0. The summed E-state index contributed by atoms with van der Waals surface area (Å²) in [4.78, 5) is 2.37. The van der Waals surface area contributed by atoms with Gasteiger partial charge >= 0.3 is 0 Å². The number of rotatable bonds is 3. The van der Waals surface area contributed by atoms with E-state index in [0.717, 1.165) is 12.5 Å². The second-order valence-corrected chi connectivity index (χ2v) is 5.51. The van der Waals surface area contributed by atoms with E-state index in [1.54, 1.807) is 0 Å². The van der Waals surface area contributed by atoms with E-state index in [1.807, 2.05) is 0 Å². The minimum absolute atomic E-state index is 0.430. The van der Waals surface area contributed by atoms with Gasteiger partial charge in [-0.15, -0.1) is 0 Å². The molecule has 0 spiro atoms. The van der Waals surface area contributed by atoms with Crippen LogP contribution in [0.2, 0.25) is 0 Å². The van der Waals surface area contributed by atoms with Crippen LogP contribution in [0.1, 0.15) is 31.2 Å². The van der Waals surface area contributed by atoms with Crippen molar-refractivity contribution in [1.82, 2.24) is 0 Å². The Labute approximate surface area is 105 Å². The fourth-order valence-corrected chi connectivity index (χ4v) is 2.86. The van der Waals surface area contributed by atoms with Crippen LogP contribution < -0.4 is 10.6 Å². The Morgan fingerprint density at radius 3 is 2.88 bits per heavy atom. The molecule has 2 unspecified atom stereocenters. The third-order valence-electron chi connectivity index (χ3n) is 3.80. The summed E-state index contributed by atoms with van der Waals surface area (Å²) in [6.45, 7) is 3.28. The van der Waals surface area contributed by atoms with Crippen LogP contribution in [0.15, 0.2) is 24.3 Å². The molecule has 1 aromatic carbocycles. The van der Waals surface area contributed by atoms with Gasteiger partial charge in [-0.25, -0.2) is 0 Å². The summed E-state index contributed by atoms with van der Waals surface area (Å²) < 4.78 is 0. The van der Waals surface area contributed by atoms with Crippen molar-refractivity contribution in [3.05, 3.63) is 29.8 Å². The summed E-state index contributed by atoms with van der Waals surface area (Å²) in [5.74, 6) is 0.768. The van der Waals surface area contributed by atoms with E-state index in [-0.39, 0.29) is 0 Å². The molecule has 2 heteroatoms. The van der Waals surface area contributed by atoms with E-state index in [4.69, 9.17) is 5.73 Å². The van der Waals surface area contributed by atoms with Gasteiger partial charge < -0.3 is 10.6 Å². The van der Waals surface area contributed by atoms with Crippen molar-refractivity contribution in [1.29, 1.82) is 0 Å². The van der Waals surface area contributed by atoms with Crippen LogP contribution in [0.3, 0.4) is 0 Å². The molecule has 2 atom stereocenters. The predicted molar refractivity (Wildman–Crippen MR) is 74.4 cm³/mol. The SMILES string of the molecule is Cc1cccc(N(C)CC2CCCC(N)C2)c1. The van der Waals surface area contributed by atoms with Crippen LogP contribution in [-0.2, 0) is 0 Å². The highest BCUT2D eigenvalue weighted by atomic mass is 15.1. The number of anilines is 1. The summed E-state index contributed by atoms with van der Waals surface area (Å²) in [5.41, 5.74) is 8.70.